The monoisotopic (exact) mass is 279 g/mol. The van der Waals surface area contributed by atoms with Crippen LogP contribution >= 0.6 is 0 Å². The van der Waals surface area contributed by atoms with Crippen molar-refractivity contribution in [2.45, 2.75) is 26.3 Å². The molecule has 0 spiro atoms. The van der Waals surface area contributed by atoms with Crippen LogP contribution < -0.4 is 5.32 Å². The smallest absolute Gasteiger partial charge is 0.200 e. The quantitative estimate of drug-likeness (QED) is 0.372. The van der Waals surface area contributed by atoms with Gasteiger partial charge in [0.2, 0.25) is 5.82 Å². The van der Waals surface area contributed by atoms with Crippen molar-refractivity contribution < 1.29 is 22.0 Å². The van der Waals surface area contributed by atoms with Crippen LogP contribution in [-0.4, -0.2) is 6.54 Å². The van der Waals surface area contributed by atoms with Crippen LogP contribution in [0.15, 0.2) is 12.2 Å². The molecule has 1 rings (SSSR count). The van der Waals surface area contributed by atoms with Crippen molar-refractivity contribution >= 4 is 0 Å². The Kier molecular flexibility index (Phi) is 5.05. The fourth-order valence-corrected chi connectivity index (χ4v) is 1.69. The van der Waals surface area contributed by atoms with E-state index in [-0.39, 0.29) is 5.57 Å². The van der Waals surface area contributed by atoms with Crippen LogP contribution in [0.5, 0.6) is 0 Å². The van der Waals surface area contributed by atoms with E-state index in [1.807, 2.05) is 0 Å². The average molecular weight is 279 g/mol. The molecule has 0 aliphatic rings. The zero-order valence-corrected chi connectivity index (χ0v) is 10.6. The minimum Gasteiger partial charge on any atom is -0.306 e. The summed E-state index contributed by atoms with van der Waals surface area (Å²) in [6, 6.07) is -1.12. The van der Waals surface area contributed by atoms with Crippen LogP contribution in [0.2, 0.25) is 0 Å². The van der Waals surface area contributed by atoms with Gasteiger partial charge in [-0.1, -0.05) is 19.1 Å². The van der Waals surface area contributed by atoms with E-state index in [0.29, 0.717) is 13.0 Å². The third-order valence-corrected chi connectivity index (χ3v) is 2.62. The molecule has 0 saturated heterocycles. The second-order valence-electron chi connectivity index (χ2n) is 4.22. The summed E-state index contributed by atoms with van der Waals surface area (Å²) in [5, 5.41) is 2.71. The molecule has 1 atom stereocenters. The van der Waals surface area contributed by atoms with Crippen molar-refractivity contribution in [2.75, 3.05) is 6.54 Å². The topological polar surface area (TPSA) is 12.0 Å². The zero-order chi connectivity index (χ0) is 14.7. The molecule has 1 nitrogen and oxygen atoms in total. The molecule has 6 heteroatoms. The van der Waals surface area contributed by atoms with Crippen LogP contribution in [-0.2, 0) is 0 Å². The SMILES string of the molecule is C=C(C)C(NCCC)c1c(F)c(F)c(F)c(F)c1F. The lowest BCUT2D eigenvalue weighted by molar-refractivity contribution is 0.361. The van der Waals surface area contributed by atoms with Gasteiger partial charge < -0.3 is 5.32 Å². The lowest BCUT2D eigenvalue weighted by Gasteiger charge is -2.21. The van der Waals surface area contributed by atoms with Crippen molar-refractivity contribution in [3.8, 4) is 0 Å². The van der Waals surface area contributed by atoms with E-state index in [9.17, 15) is 22.0 Å². The van der Waals surface area contributed by atoms with Gasteiger partial charge in [-0.15, -0.1) is 0 Å². The highest BCUT2D eigenvalue weighted by Gasteiger charge is 2.30. The molecule has 0 bridgehead atoms. The molecule has 1 aromatic rings. The van der Waals surface area contributed by atoms with Gasteiger partial charge in [0.05, 0.1) is 11.6 Å². The standard InChI is InChI=1S/C13H14F5N/c1-4-5-19-13(6(2)3)7-8(14)10(16)12(18)11(17)9(7)15/h13,19H,2,4-5H2,1,3H3. The van der Waals surface area contributed by atoms with Gasteiger partial charge in [0.15, 0.2) is 23.3 Å². The van der Waals surface area contributed by atoms with Crippen LogP contribution in [0.4, 0.5) is 22.0 Å². The fraction of sp³-hybridized carbons (Fsp3) is 0.385. The summed E-state index contributed by atoms with van der Waals surface area (Å²) in [5.41, 5.74) is -0.631. The van der Waals surface area contributed by atoms with E-state index in [1.165, 1.54) is 6.92 Å². The number of rotatable bonds is 5. The molecule has 1 unspecified atom stereocenters. The van der Waals surface area contributed by atoms with Gasteiger partial charge in [0.1, 0.15) is 0 Å². The maximum Gasteiger partial charge on any atom is 0.200 e. The molecule has 0 saturated carbocycles. The van der Waals surface area contributed by atoms with Gasteiger partial charge in [-0.2, -0.15) is 0 Å². The first-order valence-electron chi connectivity index (χ1n) is 5.73. The molecule has 1 aromatic carbocycles. The largest absolute Gasteiger partial charge is 0.306 e. The predicted molar refractivity (Wildman–Crippen MR) is 62.1 cm³/mol. The highest BCUT2D eigenvalue weighted by Crippen LogP contribution is 2.30. The minimum atomic E-state index is -2.16. The van der Waals surface area contributed by atoms with Crippen LogP contribution in [0.1, 0.15) is 31.9 Å². The summed E-state index contributed by atoms with van der Waals surface area (Å²) >= 11 is 0. The Hall–Kier alpha value is -1.43. The molecule has 0 fully saturated rings. The van der Waals surface area contributed by atoms with Crippen molar-refractivity contribution in [2.24, 2.45) is 0 Å². The number of hydrogen-bond donors (Lipinski definition) is 1. The van der Waals surface area contributed by atoms with E-state index in [0.717, 1.165) is 0 Å². The van der Waals surface area contributed by atoms with Crippen LogP contribution in [0, 0.1) is 29.1 Å². The molecule has 0 aromatic heterocycles. The summed E-state index contributed by atoms with van der Waals surface area (Å²) < 4.78 is 66.5. The lowest BCUT2D eigenvalue weighted by Crippen LogP contribution is -2.26. The Labute approximate surface area is 108 Å². The maximum absolute atomic E-state index is 13.6. The van der Waals surface area contributed by atoms with Crippen molar-refractivity contribution in [3.05, 3.63) is 46.8 Å². The van der Waals surface area contributed by atoms with Gasteiger partial charge in [-0.3, -0.25) is 0 Å². The molecular formula is C13H14F5N. The van der Waals surface area contributed by atoms with Gasteiger partial charge in [-0.05, 0) is 19.9 Å². The van der Waals surface area contributed by atoms with Gasteiger partial charge in [0, 0.05) is 0 Å². The maximum atomic E-state index is 13.6. The summed E-state index contributed by atoms with van der Waals surface area (Å²) in [4.78, 5) is 0. The fourth-order valence-electron chi connectivity index (χ4n) is 1.69. The highest BCUT2D eigenvalue weighted by molar-refractivity contribution is 5.31. The molecular weight excluding hydrogens is 265 g/mol. The minimum absolute atomic E-state index is 0.261. The average Bonchev–Trinajstić information content (AvgIpc) is 2.37. The Bertz CT molecular complexity index is 469. The van der Waals surface area contributed by atoms with Gasteiger partial charge in [-0.25, -0.2) is 22.0 Å². The Balaban J connectivity index is 3.42. The van der Waals surface area contributed by atoms with Crippen molar-refractivity contribution in [1.82, 2.24) is 5.32 Å². The van der Waals surface area contributed by atoms with Crippen LogP contribution in [0.25, 0.3) is 0 Å². The highest BCUT2D eigenvalue weighted by atomic mass is 19.2. The summed E-state index contributed by atoms with van der Waals surface area (Å²) in [7, 11) is 0. The lowest BCUT2D eigenvalue weighted by atomic mass is 9.98. The van der Waals surface area contributed by atoms with Gasteiger partial charge in [0.25, 0.3) is 0 Å². The second-order valence-corrected chi connectivity index (χ2v) is 4.22. The summed E-state index contributed by atoms with van der Waals surface area (Å²) in [6.45, 7) is 7.13. The first-order chi connectivity index (χ1) is 8.82. The molecule has 106 valence electrons. The second kappa shape index (κ2) is 6.14. The van der Waals surface area contributed by atoms with Crippen LogP contribution in [0.3, 0.4) is 0 Å². The number of hydrogen-bond acceptors (Lipinski definition) is 1. The van der Waals surface area contributed by atoms with Crippen molar-refractivity contribution in [1.29, 1.82) is 0 Å². The zero-order valence-electron chi connectivity index (χ0n) is 10.6. The summed E-state index contributed by atoms with van der Waals surface area (Å²) in [5.74, 6) is -9.70. The first kappa shape index (κ1) is 15.6. The third-order valence-electron chi connectivity index (χ3n) is 2.62. The molecule has 0 amide bonds. The van der Waals surface area contributed by atoms with E-state index in [4.69, 9.17) is 0 Å². The molecule has 0 heterocycles. The van der Waals surface area contributed by atoms with E-state index in [1.54, 1.807) is 6.92 Å². The number of benzene rings is 1. The Morgan fingerprint density at radius 3 is 1.79 bits per heavy atom. The molecule has 19 heavy (non-hydrogen) atoms. The number of nitrogens with one attached hydrogen (secondary N) is 1. The normalized spacial score (nSPS) is 12.6. The third kappa shape index (κ3) is 2.94. The summed E-state index contributed by atoms with van der Waals surface area (Å²) in [6.07, 6.45) is 0.638. The van der Waals surface area contributed by atoms with Crippen molar-refractivity contribution in [3.63, 3.8) is 0 Å². The van der Waals surface area contributed by atoms with Gasteiger partial charge >= 0.3 is 0 Å². The van der Waals surface area contributed by atoms with E-state index < -0.39 is 40.7 Å². The number of halogens is 5. The molecule has 0 aliphatic carbocycles. The van der Waals surface area contributed by atoms with E-state index >= 15 is 0 Å². The first-order valence-corrected chi connectivity index (χ1v) is 5.73. The Morgan fingerprint density at radius 2 is 1.42 bits per heavy atom. The molecule has 0 radical (unpaired) electrons. The predicted octanol–water partition coefficient (Wildman–Crippen LogP) is 4.00. The van der Waals surface area contributed by atoms with E-state index in [2.05, 4.69) is 11.9 Å². The molecule has 0 aliphatic heterocycles. The molecule has 1 N–H and O–H groups in total. The Morgan fingerprint density at radius 1 is 1.00 bits per heavy atom.